The van der Waals surface area contributed by atoms with Crippen molar-refractivity contribution in [2.45, 2.75) is 18.6 Å². The van der Waals surface area contributed by atoms with Crippen LogP contribution in [0, 0.1) is 0 Å². The van der Waals surface area contributed by atoms with Gasteiger partial charge in [-0.1, -0.05) is 12.1 Å². The molecule has 1 aromatic rings. The first-order chi connectivity index (χ1) is 8.02. The monoisotopic (exact) mass is 311 g/mol. The molecule has 0 spiro atoms. The summed E-state index contributed by atoms with van der Waals surface area (Å²) in [5, 5.41) is 9.28. The standard InChI is InChI=1S/C9H7F6NO2.ClH/c10-8(11,12)7(16)4-2-1-3-5(6(4)17)18-9(13,14)15;/h1-3,7,17H,16H2;1H/t7-;/m1./s1. The van der Waals surface area contributed by atoms with E-state index in [1.807, 2.05) is 0 Å². The van der Waals surface area contributed by atoms with E-state index in [4.69, 9.17) is 5.73 Å². The second-order valence-corrected chi connectivity index (χ2v) is 3.26. The van der Waals surface area contributed by atoms with Crippen molar-refractivity contribution < 1.29 is 36.2 Å². The molecule has 0 amide bonds. The first-order valence-corrected chi connectivity index (χ1v) is 4.42. The van der Waals surface area contributed by atoms with Gasteiger partial charge in [0.25, 0.3) is 0 Å². The maximum Gasteiger partial charge on any atom is 0.573 e. The van der Waals surface area contributed by atoms with Gasteiger partial charge in [-0.15, -0.1) is 25.6 Å². The maximum absolute atomic E-state index is 12.3. The quantitative estimate of drug-likeness (QED) is 0.824. The van der Waals surface area contributed by atoms with Crippen molar-refractivity contribution in [2.75, 3.05) is 0 Å². The molecule has 0 unspecified atom stereocenters. The Hall–Kier alpha value is -1.35. The van der Waals surface area contributed by atoms with E-state index in [1.54, 1.807) is 0 Å². The van der Waals surface area contributed by atoms with Crippen LogP contribution in [0.15, 0.2) is 18.2 Å². The van der Waals surface area contributed by atoms with E-state index in [0.717, 1.165) is 12.1 Å². The van der Waals surface area contributed by atoms with Gasteiger partial charge in [-0.25, -0.2) is 0 Å². The summed E-state index contributed by atoms with van der Waals surface area (Å²) in [6.07, 6.45) is -10.0. The predicted octanol–water partition coefficient (Wildman–Crippen LogP) is 3.27. The Kier molecular flexibility index (Phi) is 5.33. The third kappa shape index (κ3) is 4.67. The van der Waals surface area contributed by atoms with Gasteiger partial charge in [0.15, 0.2) is 11.5 Å². The molecule has 1 aromatic carbocycles. The minimum atomic E-state index is -5.13. The van der Waals surface area contributed by atoms with Crippen molar-refractivity contribution >= 4 is 12.4 Å². The number of para-hydroxylation sites is 1. The zero-order chi connectivity index (χ0) is 14.1. The van der Waals surface area contributed by atoms with Gasteiger partial charge >= 0.3 is 12.5 Å². The van der Waals surface area contributed by atoms with E-state index >= 15 is 0 Å². The van der Waals surface area contributed by atoms with Gasteiger partial charge in [-0.2, -0.15) is 13.2 Å². The molecule has 10 heteroatoms. The van der Waals surface area contributed by atoms with E-state index in [1.165, 1.54) is 0 Å². The lowest BCUT2D eigenvalue weighted by Gasteiger charge is -2.19. The van der Waals surface area contributed by atoms with Crippen molar-refractivity contribution in [1.29, 1.82) is 0 Å². The van der Waals surface area contributed by atoms with Crippen LogP contribution in [0.5, 0.6) is 11.5 Å². The average molecular weight is 312 g/mol. The molecular weight excluding hydrogens is 304 g/mol. The summed E-state index contributed by atoms with van der Waals surface area (Å²) in [7, 11) is 0. The van der Waals surface area contributed by atoms with Crippen LogP contribution in [0.2, 0.25) is 0 Å². The molecule has 3 nitrogen and oxygen atoms in total. The smallest absolute Gasteiger partial charge is 0.504 e. The van der Waals surface area contributed by atoms with Crippen LogP contribution in [0.4, 0.5) is 26.3 Å². The highest BCUT2D eigenvalue weighted by atomic mass is 35.5. The lowest BCUT2D eigenvalue weighted by molar-refractivity contribution is -0.275. The summed E-state index contributed by atoms with van der Waals surface area (Å²) in [5.41, 5.74) is 3.88. The molecule has 0 aliphatic heterocycles. The van der Waals surface area contributed by atoms with Crippen molar-refractivity contribution in [1.82, 2.24) is 0 Å². The van der Waals surface area contributed by atoms with Crippen molar-refractivity contribution in [3.63, 3.8) is 0 Å². The van der Waals surface area contributed by atoms with E-state index in [-0.39, 0.29) is 12.4 Å². The Morgan fingerprint density at radius 2 is 1.63 bits per heavy atom. The first kappa shape index (κ1) is 17.6. The van der Waals surface area contributed by atoms with Crippen LogP contribution in [0.3, 0.4) is 0 Å². The van der Waals surface area contributed by atoms with Crippen LogP contribution >= 0.6 is 12.4 Å². The number of benzene rings is 1. The van der Waals surface area contributed by atoms with E-state index in [0.29, 0.717) is 6.07 Å². The Labute approximate surface area is 109 Å². The molecule has 0 radical (unpaired) electrons. The van der Waals surface area contributed by atoms with Crippen LogP contribution in [0.1, 0.15) is 11.6 Å². The molecule has 0 saturated heterocycles. The number of ether oxygens (including phenoxy) is 1. The lowest BCUT2D eigenvalue weighted by atomic mass is 10.1. The highest BCUT2D eigenvalue weighted by Gasteiger charge is 2.40. The van der Waals surface area contributed by atoms with Crippen molar-refractivity contribution in [3.8, 4) is 11.5 Å². The number of nitrogens with two attached hydrogens (primary N) is 1. The van der Waals surface area contributed by atoms with Gasteiger partial charge in [0.1, 0.15) is 6.04 Å². The molecule has 0 aliphatic carbocycles. The number of phenols is 1. The Morgan fingerprint density at radius 1 is 1.11 bits per heavy atom. The molecule has 1 atom stereocenters. The zero-order valence-corrected chi connectivity index (χ0v) is 9.73. The zero-order valence-electron chi connectivity index (χ0n) is 8.92. The topological polar surface area (TPSA) is 55.5 Å². The third-order valence-corrected chi connectivity index (χ3v) is 1.94. The van der Waals surface area contributed by atoms with Crippen molar-refractivity contribution in [3.05, 3.63) is 23.8 Å². The minimum absolute atomic E-state index is 0. The molecule has 1 rings (SSSR count). The highest BCUT2D eigenvalue weighted by Crippen LogP contribution is 2.40. The third-order valence-electron chi connectivity index (χ3n) is 1.94. The number of hydrogen-bond donors (Lipinski definition) is 2. The summed E-state index contributed by atoms with van der Waals surface area (Å²) in [4.78, 5) is 0. The minimum Gasteiger partial charge on any atom is -0.504 e. The first-order valence-electron chi connectivity index (χ1n) is 4.42. The second kappa shape index (κ2) is 5.74. The highest BCUT2D eigenvalue weighted by molar-refractivity contribution is 5.85. The van der Waals surface area contributed by atoms with Gasteiger partial charge in [-0.05, 0) is 6.07 Å². The molecule has 0 heterocycles. The summed E-state index contributed by atoms with van der Waals surface area (Å²) >= 11 is 0. The maximum atomic E-state index is 12.3. The van der Waals surface area contributed by atoms with E-state index in [9.17, 15) is 31.4 Å². The van der Waals surface area contributed by atoms with Crippen LogP contribution in [-0.2, 0) is 0 Å². The van der Waals surface area contributed by atoms with Crippen LogP contribution in [0.25, 0.3) is 0 Å². The van der Waals surface area contributed by atoms with E-state index in [2.05, 4.69) is 4.74 Å². The molecule has 0 aromatic heterocycles. The number of aromatic hydroxyl groups is 1. The van der Waals surface area contributed by atoms with Crippen LogP contribution in [-0.4, -0.2) is 17.6 Å². The number of rotatable bonds is 2. The molecule has 110 valence electrons. The second-order valence-electron chi connectivity index (χ2n) is 3.26. The average Bonchev–Trinajstić information content (AvgIpc) is 2.17. The van der Waals surface area contributed by atoms with Gasteiger partial charge in [0.05, 0.1) is 0 Å². The molecule has 3 N–H and O–H groups in total. The number of halogens is 7. The van der Waals surface area contributed by atoms with Gasteiger partial charge in [0, 0.05) is 5.56 Å². The Balaban J connectivity index is 0.00000324. The molecule has 0 fully saturated rings. The SMILES string of the molecule is Cl.N[C@H](c1cccc(OC(F)(F)F)c1O)C(F)(F)F. The van der Waals surface area contributed by atoms with Gasteiger partial charge in [0.2, 0.25) is 0 Å². The Bertz CT molecular complexity index is 434. The molecule has 0 saturated carbocycles. The van der Waals surface area contributed by atoms with Crippen LogP contribution < -0.4 is 10.5 Å². The Morgan fingerprint density at radius 3 is 2.05 bits per heavy atom. The number of hydrogen-bond acceptors (Lipinski definition) is 3. The lowest BCUT2D eigenvalue weighted by Crippen LogP contribution is -2.28. The molecule has 19 heavy (non-hydrogen) atoms. The number of alkyl halides is 6. The summed E-state index contributed by atoms with van der Waals surface area (Å²) in [6, 6.07) is -0.303. The largest absolute Gasteiger partial charge is 0.573 e. The fourth-order valence-corrected chi connectivity index (χ4v) is 1.17. The predicted molar refractivity (Wildman–Crippen MR) is 55.0 cm³/mol. The van der Waals surface area contributed by atoms with Gasteiger partial charge in [-0.3, -0.25) is 0 Å². The summed E-state index contributed by atoms with van der Waals surface area (Å²) in [5.74, 6) is -2.43. The normalized spacial score (nSPS) is 13.6. The van der Waals surface area contributed by atoms with E-state index < -0.39 is 35.6 Å². The summed E-state index contributed by atoms with van der Waals surface area (Å²) in [6.45, 7) is 0. The van der Waals surface area contributed by atoms with Gasteiger partial charge < -0.3 is 15.6 Å². The fraction of sp³-hybridized carbons (Fsp3) is 0.333. The molecule has 0 aliphatic rings. The molecule has 0 bridgehead atoms. The molecular formula is C9H8ClF6NO2. The number of phenolic OH excluding ortho intramolecular Hbond substituents is 1. The summed E-state index contributed by atoms with van der Waals surface area (Å²) < 4.78 is 75.9. The van der Waals surface area contributed by atoms with Crippen molar-refractivity contribution in [2.24, 2.45) is 5.73 Å². The fourth-order valence-electron chi connectivity index (χ4n) is 1.17.